The van der Waals surface area contributed by atoms with Gasteiger partial charge in [0.05, 0.1) is 30.3 Å². The molecule has 0 fully saturated rings. The Morgan fingerprint density at radius 3 is 2.61 bits per heavy atom. The summed E-state index contributed by atoms with van der Waals surface area (Å²) in [5.41, 5.74) is 1.30. The van der Waals surface area contributed by atoms with E-state index in [1.54, 1.807) is 0 Å². The molecule has 9 heteroatoms. The number of anilines is 1. The van der Waals surface area contributed by atoms with Crippen LogP contribution < -0.4 is 14.8 Å². The molecule has 166 valence electrons. The molecule has 1 atom stereocenters. The topological polar surface area (TPSA) is 50.8 Å². The van der Waals surface area contributed by atoms with Gasteiger partial charge < -0.3 is 14.8 Å². The first-order chi connectivity index (χ1) is 14.7. The third kappa shape index (κ3) is 4.75. The molecule has 2 aromatic carbocycles. The van der Waals surface area contributed by atoms with Gasteiger partial charge in [-0.1, -0.05) is 11.6 Å². The standard InChI is InChI=1S/C22H22ClF3N2O3/c1-13-16-11-20-19(30-7-2-8-31-20)9-14(16)5-6-28(13)12-21(29)27-15-3-4-18(23)17(10-15)22(24,25)26/h3-4,9-11,13H,2,5-8,12H2,1H3,(H,27,29)/t13-/m0/s1. The van der Waals surface area contributed by atoms with Crippen LogP contribution in [0.15, 0.2) is 30.3 Å². The lowest BCUT2D eigenvalue weighted by Crippen LogP contribution is -2.39. The van der Waals surface area contributed by atoms with Crippen molar-refractivity contribution in [2.45, 2.75) is 32.0 Å². The molecule has 2 aliphatic rings. The lowest BCUT2D eigenvalue weighted by molar-refractivity contribution is -0.137. The fraction of sp³-hybridized carbons (Fsp3) is 0.409. The number of halogens is 4. The largest absolute Gasteiger partial charge is 0.490 e. The highest BCUT2D eigenvalue weighted by Crippen LogP contribution is 2.39. The van der Waals surface area contributed by atoms with Gasteiger partial charge in [0, 0.05) is 24.7 Å². The van der Waals surface area contributed by atoms with E-state index in [4.69, 9.17) is 21.1 Å². The molecule has 2 heterocycles. The zero-order valence-electron chi connectivity index (χ0n) is 16.9. The van der Waals surface area contributed by atoms with E-state index in [2.05, 4.69) is 5.32 Å². The van der Waals surface area contributed by atoms with E-state index in [0.29, 0.717) is 25.5 Å². The van der Waals surface area contributed by atoms with Crippen LogP contribution in [0.2, 0.25) is 5.02 Å². The van der Waals surface area contributed by atoms with E-state index in [1.165, 1.54) is 6.07 Å². The molecule has 0 saturated carbocycles. The molecule has 0 aliphatic carbocycles. The van der Waals surface area contributed by atoms with Crippen molar-refractivity contribution in [2.24, 2.45) is 0 Å². The second-order valence-electron chi connectivity index (χ2n) is 7.69. The molecule has 4 rings (SSSR count). The minimum Gasteiger partial charge on any atom is -0.490 e. The van der Waals surface area contributed by atoms with Crippen molar-refractivity contribution < 1.29 is 27.4 Å². The third-order valence-corrected chi connectivity index (χ3v) is 5.91. The maximum absolute atomic E-state index is 13.1. The van der Waals surface area contributed by atoms with Gasteiger partial charge in [0.25, 0.3) is 0 Å². The first-order valence-electron chi connectivity index (χ1n) is 10.1. The van der Waals surface area contributed by atoms with Crippen LogP contribution in [-0.4, -0.2) is 37.1 Å². The minimum atomic E-state index is -4.59. The summed E-state index contributed by atoms with van der Waals surface area (Å²) in [6, 6.07) is 7.27. The number of carbonyl (C=O) groups excluding carboxylic acids is 1. The maximum Gasteiger partial charge on any atom is 0.417 e. The Labute approximate surface area is 183 Å². The van der Waals surface area contributed by atoms with E-state index in [9.17, 15) is 18.0 Å². The van der Waals surface area contributed by atoms with Gasteiger partial charge in [-0.3, -0.25) is 9.69 Å². The molecule has 0 radical (unpaired) electrons. The van der Waals surface area contributed by atoms with E-state index in [1.807, 2.05) is 24.0 Å². The van der Waals surface area contributed by atoms with Gasteiger partial charge in [-0.15, -0.1) is 0 Å². The van der Waals surface area contributed by atoms with Crippen LogP contribution in [-0.2, 0) is 17.4 Å². The molecule has 5 nitrogen and oxygen atoms in total. The number of benzene rings is 2. The molecule has 1 amide bonds. The van der Waals surface area contributed by atoms with Gasteiger partial charge in [-0.25, -0.2) is 0 Å². The monoisotopic (exact) mass is 454 g/mol. The molecular weight excluding hydrogens is 433 g/mol. The SMILES string of the molecule is C[C@H]1c2cc3c(cc2CCN1CC(=O)Nc1ccc(Cl)c(C(F)(F)F)c1)OCCCO3. The highest BCUT2D eigenvalue weighted by Gasteiger charge is 2.33. The van der Waals surface area contributed by atoms with Gasteiger partial charge >= 0.3 is 6.18 Å². The van der Waals surface area contributed by atoms with Crippen molar-refractivity contribution in [3.05, 3.63) is 52.0 Å². The van der Waals surface area contributed by atoms with Crippen molar-refractivity contribution in [1.82, 2.24) is 4.90 Å². The number of fused-ring (bicyclic) bond motifs is 2. The van der Waals surface area contributed by atoms with E-state index in [-0.39, 0.29) is 24.2 Å². The fourth-order valence-electron chi connectivity index (χ4n) is 3.95. The number of hydrogen-bond donors (Lipinski definition) is 1. The summed E-state index contributed by atoms with van der Waals surface area (Å²) in [5, 5.41) is 2.14. The lowest BCUT2D eigenvalue weighted by atomic mass is 9.93. The molecule has 31 heavy (non-hydrogen) atoms. The summed E-state index contributed by atoms with van der Waals surface area (Å²) < 4.78 is 50.7. The Morgan fingerprint density at radius 2 is 1.90 bits per heavy atom. The van der Waals surface area contributed by atoms with Crippen LogP contribution in [0.25, 0.3) is 0 Å². The van der Waals surface area contributed by atoms with Gasteiger partial charge in [0.15, 0.2) is 11.5 Å². The van der Waals surface area contributed by atoms with E-state index in [0.717, 1.165) is 41.9 Å². The summed E-state index contributed by atoms with van der Waals surface area (Å²) in [5.74, 6) is 1.06. The van der Waals surface area contributed by atoms with Gasteiger partial charge in [0.2, 0.25) is 5.91 Å². The molecule has 0 spiro atoms. The average Bonchev–Trinajstić information content (AvgIpc) is 2.94. The Kier molecular flexibility index (Phi) is 6.03. The zero-order chi connectivity index (χ0) is 22.2. The first-order valence-corrected chi connectivity index (χ1v) is 10.4. The molecule has 0 aromatic heterocycles. The second kappa shape index (κ2) is 8.59. The van der Waals surface area contributed by atoms with Crippen molar-refractivity contribution >= 4 is 23.2 Å². The number of rotatable bonds is 3. The molecule has 0 unspecified atom stereocenters. The van der Waals surface area contributed by atoms with Crippen LogP contribution >= 0.6 is 11.6 Å². The maximum atomic E-state index is 13.1. The summed E-state index contributed by atoms with van der Waals surface area (Å²) >= 11 is 5.64. The molecule has 0 bridgehead atoms. The number of hydrogen-bond acceptors (Lipinski definition) is 4. The van der Waals surface area contributed by atoms with Gasteiger partial charge in [-0.05, 0) is 54.8 Å². The van der Waals surface area contributed by atoms with Crippen molar-refractivity contribution in [3.63, 3.8) is 0 Å². The number of alkyl halides is 3. The molecule has 1 N–H and O–H groups in total. The fourth-order valence-corrected chi connectivity index (χ4v) is 4.17. The summed E-state index contributed by atoms with van der Waals surface area (Å²) in [6.45, 7) is 3.91. The van der Waals surface area contributed by atoms with Crippen LogP contribution in [0.5, 0.6) is 11.5 Å². The van der Waals surface area contributed by atoms with Gasteiger partial charge in [-0.2, -0.15) is 13.2 Å². The number of ether oxygens (including phenoxy) is 2. The Bertz CT molecular complexity index is 997. The minimum absolute atomic E-state index is 0.0531. The molecule has 2 aliphatic heterocycles. The van der Waals surface area contributed by atoms with Crippen LogP contribution in [0.1, 0.15) is 36.1 Å². The number of amides is 1. The normalized spacial score (nSPS) is 18.8. The van der Waals surface area contributed by atoms with Crippen LogP contribution in [0.4, 0.5) is 18.9 Å². The number of nitrogens with zero attached hydrogens (tertiary/aromatic N) is 1. The number of nitrogens with one attached hydrogen (secondary N) is 1. The summed E-state index contributed by atoms with van der Waals surface area (Å²) in [6.07, 6.45) is -3.03. The van der Waals surface area contributed by atoms with E-state index < -0.39 is 16.8 Å². The molecule has 2 aromatic rings. The Balaban J connectivity index is 1.46. The highest BCUT2D eigenvalue weighted by molar-refractivity contribution is 6.31. The quantitative estimate of drug-likeness (QED) is 0.703. The number of carbonyl (C=O) groups is 1. The predicted octanol–water partition coefficient (Wildman–Crippen LogP) is 5.08. The Hall–Kier alpha value is -2.45. The van der Waals surface area contributed by atoms with Crippen LogP contribution in [0.3, 0.4) is 0 Å². The summed E-state index contributed by atoms with van der Waals surface area (Å²) in [4.78, 5) is 14.5. The predicted molar refractivity (Wildman–Crippen MR) is 111 cm³/mol. The van der Waals surface area contributed by atoms with Crippen molar-refractivity contribution in [3.8, 4) is 11.5 Å². The molecular formula is C22H22ClF3N2O3. The smallest absolute Gasteiger partial charge is 0.417 e. The highest BCUT2D eigenvalue weighted by atomic mass is 35.5. The lowest BCUT2D eigenvalue weighted by Gasteiger charge is -2.35. The van der Waals surface area contributed by atoms with E-state index >= 15 is 0 Å². The van der Waals surface area contributed by atoms with Crippen LogP contribution in [0, 0.1) is 0 Å². The first kappa shape index (κ1) is 21.8. The Morgan fingerprint density at radius 1 is 1.19 bits per heavy atom. The third-order valence-electron chi connectivity index (χ3n) is 5.58. The average molecular weight is 455 g/mol. The second-order valence-corrected chi connectivity index (χ2v) is 8.09. The zero-order valence-corrected chi connectivity index (χ0v) is 17.6. The van der Waals surface area contributed by atoms with Gasteiger partial charge in [0.1, 0.15) is 0 Å². The molecule has 0 saturated heterocycles. The van der Waals surface area contributed by atoms with Crippen molar-refractivity contribution in [1.29, 1.82) is 0 Å². The van der Waals surface area contributed by atoms with Crippen molar-refractivity contribution in [2.75, 3.05) is 31.6 Å². The summed E-state index contributed by atoms with van der Waals surface area (Å²) in [7, 11) is 0.